The van der Waals surface area contributed by atoms with Gasteiger partial charge in [0.1, 0.15) is 17.8 Å². The summed E-state index contributed by atoms with van der Waals surface area (Å²) in [6.07, 6.45) is 1.03. The van der Waals surface area contributed by atoms with Crippen molar-refractivity contribution in [1.29, 1.82) is 0 Å². The predicted molar refractivity (Wildman–Crippen MR) is 115 cm³/mol. The van der Waals surface area contributed by atoms with E-state index in [1.54, 1.807) is 6.92 Å². The Morgan fingerprint density at radius 2 is 1.84 bits per heavy atom. The Morgan fingerprint density at radius 3 is 2.39 bits per heavy atom. The normalized spacial score (nSPS) is 10.1. The number of halogens is 1. The predicted octanol–water partition coefficient (Wildman–Crippen LogP) is 5.50. The number of nitro benzene ring substituents is 1. The number of carbonyl (C=O) groups is 2. The molecular weight excluding hydrogens is 428 g/mol. The number of nitrogens with one attached hydrogen (secondary N) is 1. The number of anilines is 1. The van der Waals surface area contributed by atoms with E-state index in [1.807, 2.05) is 13.8 Å². The third kappa shape index (κ3) is 5.20. The van der Waals surface area contributed by atoms with Gasteiger partial charge in [-0.25, -0.2) is 4.79 Å². The van der Waals surface area contributed by atoms with Crippen LogP contribution in [0.2, 0.25) is 5.02 Å². The first-order valence-corrected chi connectivity index (χ1v) is 9.46. The Kier molecular flexibility index (Phi) is 7.38. The number of carboxylic acids is 1. The summed E-state index contributed by atoms with van der Waals surface area (Å²) >= 11 is 6.19. The minimum atomic E-state index is -1.19. The summed E-state index contributed by atoms with van der Waals surface area (Å²) in [6, 6.07) is 7.57. The molecule has 0 aliphatic rings. The second-order valence-corrected chi connectivity index (χ2v) is 6.47. The molecule has 0 aliphatic heterocycles. The molecule has 3 rings (SSSR count). The average Bonchev–Trinajstić information content (AvgIpc) is 3.22. The third-order valence-corrected chi connectivity index (χ3v) is 4.42. The third-order valence-electron chi connectivity index (χ3n) is 4.11. The maximum Gasteiger partial charge on any atom is 0.338 e. The molecular formula is C21H19ClN2O7. The highest BCUT2D eigenvalue weighted by atomic mass is 35.5. The van der Waals surface area contributed by atoms with Gasteiger partial charge in [0, 0.05) is 23.4 Å². The van der Waals surface area contributed by atoms with Gasteiger partial charge in [-0.15, -0.1) is 0 Å². The molecule has 0 aliphatic carbocycles. The van der Waals surface area contributed by atoms with Gasteiger partial charge in [-0.1, -0.05) is 25.4 Å². The molecule has 1 heterocycles. The van der Waals surface area contributed by atoms with Crippen molar-refractivity contribution in [3.63, 3.8) is 0 Å². The molecule has 2 aromatic carbocycles. The smallest absolute Gasteiger partial charge is 0.338 e. The van der Waals surface area contributed by atoms with E-state index in [9.17, 15) is 24.8 Å². The van der Waals surface area contributed by atoms with Gasteiger partial charge in [0.2, 0.25) is 0 Å². The molecule has 0 unspecified atom stereocenters. The number of nitrogens with zero attached hydrogens (tertiary/aromatic N) is 1. The topological polar surface area (TPSA) is 143 Å². The van der Waals surface area contributed by atoms with Crippen LogP contribution in [0.4, 0.5) is 11.4 Å². The van der Waals surface area contributed by atoms with Crippen molar-refractivity contribution in [2.75, 3.05) is 5.32 Å². The lowest BCUT2D eigenvalue weighted by Gasteiger charge is -2.11. The second kappa shape index (κ2) is 9.77. The number of hydrogen-bond donors (Lipinski definition) is 3. The quantitative estimate of drug-likeness (QED) is 0.346. The fraction of sp³-hybridized carbons (Fsp3) is 0.143. The minimum Gasteiger partial charge on any atom is -0.507 e. The van der Waals surface area contributed by atoms with Gasteiger partial charge in [0.25, 0.3) is 11.6 Å². The highest BCUT2D eigenvalue weighted by Gasteiger charge is 2.19. The van der Waals surface area contributed by atoms with Crippen molar-refractivity contribution in [2.24, 2.45) is 0 Å². The van der Waals surface area contributed by atoms with Crippen LogP contribution in [0.1, 0.15) is 40.1 Å². The Labute approximate surface area is 182 Å². The molecule has 9 nitrogen and oxygen atoms in total. The fourth-order valence-electron chi connectivity index (χ4n) is 2.61. The van der Waals surface area contributed by atoms with Crippen LogP contribution in [-0.4, -0.2) is 27.0 Å². The van der Waals surface area contributed by atoms with Gasteiger partial charge in [-0.2, -0.15) is 0 Å². The molecule has 0 atom stereocenters. The number of hydrogen-bond acceptors (Lipinski definition) is 6. The second-order valence-electron chi connectivity index (χ2n) is 6.06. The number of furan rings is 1. The number of phenolic OH excluding ortho intramolecular Hbond substituents is 1. The van der Waals surface area contributed by atoms with E-state index in [-0.39, 0.29) is 33.2 Å². The lowest BCUT2D eigenvalue weighted by atomic mass is 10.1. The SMILES string of the molecule is CC.Cc1cc([N+](=O)[O-])ccc1NC(=O)c1cc(Cl)c(-c2cc(C(=O)O)co2)cc1O. The van der Waals surface area contributed by atoms with Crippen molar-refractivity contribution in [2.45, 2.75) is 20.8 Å². The summed E-state index contributed by atoms with van der Waals surface area (Å²) in [5.74, 6) is -2.16. The van der Waals surface area contributed by atoms with Crippen LogP contribution in [-0.2, 0) is 0 Å². The van der Waals surface area contributed by atoms with E-state index < -0.39 is 22.5 Å². The van der Waals surface area contributed by atoms with Crippen LogP contribution in [0.5, 0.6) is 5.75 Å². The maximum atomic E-state index is 12.5. The van der Waals surface area contributed by atoms with Crippen LogP contribution in [0.3, 0.4) is 0 Å². The lowest BCUT2D eigenvalue weighted by Crippen LogP contribution is -2.13. The highest BCUT2D eigenvalue weighted by Crippen LogP contribution is 2.35. The molecule has 0 saturated heterocycles. The van der Waals surface area contributed by atoms with Gasteiger partial charge >= 0.3 is 5.97 Å². The van der Waals surface area contributed by atoms with E-state index in [0.717, 1.165) is 6.26 Å². The number of aromatic carboxylic acids is 1. The van der Waals surface area contributed by atoms with E-state index in [4.69, 9.17) is 21.1 Å². The van der Waals surface area contributed by atoms with Crippen molar-refractivity contribution in [3.05, 3.63) is 74.5 Å². The molecule has 1 aromatic heterocycles. The number of nitro groups is 1. The Bertz CT molecular complexity index is 1150. The molecule has 0 radical (unpaired) electrons. The van der Waals surface area contributed by atoms with Crippen molar-refractivity contribution in [1.82, 2.24) is 0 Å². The standard InChI is InChI=1S/C19H13ClN2O7.C2H6/c1-9-4-11(22(27)28)2-3-15(9)21-18(24)13-6-14(20)12(7-16(13)23)17-5-10(8-29-17)19(25)26;1-2/h2-8,23H,1H3,(H,21,24)(H,25,26);1-2H3. The number of carbonyl (C=O) groups excluding carboxylic acids is 1. The molecule has 0 bridgehead atoms. The van der Waals surface area contributed by atoms with Gasteiger partial charge in [0.05, 0.1) is 21.1 Å². The average molecular weight is 447 g/mol. The summed E-state index contributed by atoms with van der Waals surface area (Å²) in [5, 5.41) is 32.6. The zero-order valence-electron chi connectivity index (χ0n) is 16.8. The first-order chi connectivity index (χ1) is 14.7. The van der Waals surface area contributed by atoms with Crippen LogP contribution in [0.15, 0.2) is 47.1 Å². The Balaban J connectivity index is 0.00000166. The molecule has 0 fully saturated rings. The van der Waals surface area contributed by atoms with E-state index in [1.165, 1.54) is 36.4 Å². The monoisotopic (exact) mass is 446 g/mol. The molecule has 10 heteroatoms. The number of rotatable bonds is 5. The highest BCUT2D eigenvalue weighted by molar-refractivity contribution is 6.34. The summed E-state index contributed by atoms with van der Waals surface area (Å²) < 4.78 is 5.16. The Morgan fingerprint density at radius 1 is 1.16 bits per heavy atom. The summed E-state index contributed by atoms with van der Waals surface area (Å²) in [6.45, 7) is 5.59. The number of aryl methyl sites for hydroxylation is 1. The molecule has 31 heavy (non-hydrogen) atoms. The number of aromatic hydroxyl groups is 1. The molecule has 1 amide bonds. The van der Waals surface area contributed by atoms with Crippen LogP contribution >= 0.6 is 11.6 Å². The summed E-state index contributed by atoms with van der Waals surface area (Å²) in [5.41, 5.74) is 0.658. The van der Waals surface area contributed by atoms with E-state index in [2.05, 4.69) is 5.32 Å². The first kappa shape index (κ1) is 23.4. The van der Waals surface area contributed by atoms with E-state index >= 15 is 0 Å². The number of amides is 1. The first-order valence-electron chi connectivity index (χ1n) is 9.08. The molecule has 3 aromatic rings. The summed E-state index contributed by atoms with van der Waals surface area (Å²) in [4.78, 5) is 33.8. The number of non-ortho nitro benzene ring substituents is 1. The zero-order valence-corrected chi connectivity index (χ0v) is 17.6. The number of carboxylic acid groups (broad SMARTS) is 1. The number of benzene rings is 2. The fourth-order valence-corrected chi connectivity index (χ4v) is 2.87. The van der Waals surface area contributed by atoms with E-state index in [0.29, 0.717) is 11.3 Å². The van der Waals surface area contributed by atoms with Crippen LogP contribution in [0, 0.1) is 17.0 Å². The van der Waals surface area contributed by atoms with Gasteiger partial charge in [0.15, 0.2) is 0 Å². The lowest BCUT2D eigenvalue weighted by molar-refractivity contribution is -0.384. The van der Waals surface area contributed by atoms with Crippen molar-refractivity contribution < 1.29 is 29.1 Å². The zero-order chi connectivity index (χ0) is 23.3. The molecule has 0 spiro atoms. The minimum absolute atomic E-state index is 0.0552. The van der Waals surface area contributed by atoms with Crippen molar-refractivity contribution in [3.8, 4) is 17.1 Å². The maximum absolute atomic E-state index is 12.5. The van der Waals surface area contributed by atoms with Crippen molar-refractivity contribution >= 4 is 34.9 Å². The Hall–Kier alpha value is -3.85. The largest absolute Gasteiger partial charge is 0.507 e. The molecule has 162 valence electrons. The van der Waals surface area contributed by atoms with Crippen LogP contribution in [0.25, 0.3) is 11.3 Å². The van der Waals surface area contributed by atoms with Gasteiger partial charge in [-0.3, -0.25) is 14.9 Å². The van der Waals surface area contributed by atoms with Gasteiger partial charge < -0.3 is 19.9 Å². The van der Waals surface area contributed by atoms with Gasteiger partial charge in [-0.05, 0) is 36.8 Å². The molecule has 0 saturated carbocycles. The molecule has 3 N–H and O–H groups in total. The van der Waals surface area contributed by atoms with Crippen LogP contribution < -0.4 is 5.32 Å². The summed E-state index contributed by atoms with van der Waals surface area (Å²) in [7, 11) is 0. The number of phenols is 1.